The molecule has 0 bridgehead atoms. The third kappa shape index (κ3) is 53.2. The van der Waals surface area contributed by atoms with Gasteiger partial charge in [0.1, 0.15) is 12.7 Å². The van der Waals surface area contributed by atoms with E-state index in [0.29, 0.717) is 19.3 Å². The zero-order chi connectivity index (χ0) is 54.1. The largest absolute Gasteiger partial charge is 0.472 e. The van der Waals surface area contributed by atoms with E-state index < -0.39 is 57.8 Å². The molecule has 11 nitrogen and oxygen atoms in total. The van der Waals surface area contributed by atoms with Crippen LogP contribution in [0.15, 0.2) is 97.2 Å². The van der Waals surface area contributed by atoms with Gasteiger partial charge in [-0.05, 0) is 96.3 Å². The summed E-state index contributed by atoms with van der Waals surface area (Å²) in [5.74, 6) is -1.50. The molecular formula is C62H105O11P. The molecule has 424 valence electrons. The van der Waals surface area contributed by atoms with E-state index in [1.165, 1.54) is 32.1 Å². The van der Waals surface area contributed by atoms with Crippen molar-refractivity contribution in [3.8, 4) is 0 Å². The van der Waals surface area contributed by atoms with Crippen molar-refractivity contribution in [3.05, 3.63) is 97.2 Å². The quantitative estimate of drug-likeness (QED) is 0.0197. The highest BCUT2D eigenvalue weighted by molar-refractivity contribution is 7.47. The highest BCUT2D eigenvalue weighted by atomic mass is 31.2. The van der Waals surface area contributed by atoms with Gasteiger partial charge in [-0.1, -0.05) is 221 Å². The molecule has 0 aliphatic carbocycles. The maximum Gasteiger partial charge on any atom is 0.472 e. The number of allylic oxidation sites excluding steroid dienone is 16. The van der Waals surface area contributed by atoms with E-state index >= 15 is 0 Å². The molecule has 74 heavy (non-hydrogen) atoms. The summed E-state index contributed by atoms with van der Waals surface area (Å²) in [6.45, 7) is 4.36. The van der Waals surface area contributed by atoms with Gasteiger partial charge in [-0.2, -0.15) is 0 Å². The van der Waals surface area contributed by atoms with E-state index in [9.17, 15) is 28.9 Å². The zero-order valence-corrected chi connectivity index (χ0v) is 47.7. The maximum atomic E-state index is 12.9. The standard InChI is InChI=1S/C62H105O11P/c1-4-7-10-13-16-19-21-23-25-27-29-31-33-35-37-40-43-46-49-52-61(65)72-58(54-63)56-70-74(67,68)71-57-59(55-69-60(64)51-48-45-42-39-18-15-12-9-6-3)73-62(66)53-50-47-44-41-38-36-34-32-30-28-26-24-22-20-17-14-11-8-5-2/h7-8,10-11,16-17,19-20,23-26,29-32,58-59,63H,4-6,9,12-15,18,21-22,27-28,33-57H2,1-3H3,(H,67,68)/b10-7-,11-8-,19-16-,20-17-,25-23-,26-24-,31-29-,32-30-. The lowest BCUT2D eigenvalue weighted by molar-refractivity contribution is -0.161. The number of esters is 3. The Balaban J connectivity index is 4.65. The van der Waals surface area contributed by atoms with Gasteiger partial charge in [0.25, 0.3) is 0 Å². The fraction of sp³-hybridized carbons (Fsp3) is 0.694. The van der Waals surface area contributed by atoms with Gasteiger partial charge in [0, 0.05) is 19.3 Å². The van der Waals surface area contributed by atoms with Crippen molar-refractivity contribution in [1.82, 2.24) is 0 Å². The number of phosphoric ester groups is 1. The highest BCUT2D eigenvalue weighted by Gasteiger charge is 2.28. The summed E-state index contributed by atoms with van der Waals surface area (Å²) in [6, 6.07) is 0. The Morgan fingerprint density at radius 2 is 0.703 bits per heavy atom. The normalized spacial score (nSPS) is 14.1. The van der Waals surface area contributed by atoms with E-state index in [1.54, 1.807) is 0 Å². The molecule has 0 saturated heterocycles. The predicted octanol–water partition coefficient (Wildman–Crippen LogP) is 17.3. The number of aliphatic hydroxyl groups is 1. The smallest absolute Gasteiger partial charge is 0.462 e. The Labute approximate surface area is 451 Å². The Hall–Kier alpha value is -3.60. The predicted molar refractivity (Wildman–Crippen MR) is 307 cm³/mol. The first-order chi connectivity index (χ1) is 36.2. The van der Waals surface area contributed by atoms with Crippen LogP contribution in [0.3, 0.4) is 0 Å². The van der Waals surface area contributed by atoms with Gasteiger partial charge in [-0.15, -0.1) is 0 Å². The molecule has 0 fully saturated rings. The molecule has 0 saturated carbocycles. The SMILES string of the molecule is CC/C=C\C/C=C\C/C=C\C/C=C\CCCCCCCCC(=O)OC(CO)COP(=O)(O)OCC(COC(=O)CCCCCCCCCCC)OC(=O)CCCCCCCC/C=C\C/C=C\C/C=C\C/C=C\CC. The third-order valence-electron chi connectivity index (χ3n) is 12.0. The molecule has 0 aromatic heterocycles. The molecule has 3 unspecified atom stereocenters. The van der Waals surface area contributed by atoms with Gasteiger partial charge in [-0.25, -0.2) is 4.57 Å². The first-order valence-electron chi connectivity index (χ1n) is 29.1. The highest BCUT2D eigenvalue weighted by Crippen LogP contribution is 2.43. The molecule has 3 atom stereocenters. The summed E-state index contributed by atoms with van der Waals surface area (Å²) in [5, 5.41) is 9.82. The second kappa shape index (κ2) is 55.6. The molecule has 0 radical (unpaired) electrons. The molecule has 0 aromatic carbocycles. The average molecular weight is 1060 g/mol. The molecule has 0 aliphatic rings. The third-order valence-corrected chi connectivity index (χ3v) is 13.0. The number of phosphoric acid groups is 1. The molecule has 0 rings (SSSR count). The van der Waals surface area contributed by atoms with Crippen LogP contribution < -0.4 is 0 Å². The minimum Gasteiger partial charge on any atom is -0.462 e. The Bertz CT molecular complexity index is 1610. The second-order valence-corrected chi connectivity index (χ2v) is 20.5. The number of aliphatic hydroxyl groups excluding tert-OH is 1. The Kier molecular flexibility index (Phi) is 52.9. The molecular weight excluding hydrogens is 952 g/mol. The second-order valence-electron chi connectivity index (χ2n) is 19.0. The van der Waals surface area contributed by atoms with Crippen LogP contribution in [0, 0.1) is 0 Å². The Morgan fingerprint density at radius 1 is 0.392 bits per heavy atom. The van der Waals surface area contributed by atoms with Gasteiger partial charge in [-0.3, -0.25) is 23.4 Å². The number of unbranched alkanes of at least 4 members (excludes halogenated alkanes) is 20. The van der Waals surface area contributed by atoms with Gasteiger partial charge in [0.05, 0.1) is 19.8 Å². The topological polar surface area (TPSA) is 155 Å². The Morgan fingerprint density at radius 3 is 1.08 bits per heavy atom. The van der Waals surface area contributed by atoms with Crippen molar-refractivity contribution < 1.29 is 52.2 Å². The van der Waals surface area contributed by atoms with Crippen LogP contribution in [0.1, 0.15) is 239 Å². The molecule has 0 aromatic rings. The van der Waals surface area contributed by atoms with Gasteiger partial charge >= 0.3 is 25.7 Å². The van der Waals surface area contributed by atoms with Crippen LogP contribution in [-0.2, 0) is 42.2 Å². The first-order valence-corrected chi connectivity index (χ1v) is 30.6. The molecule has 0 amide bonds. The fourth-order valence-electron chi connectivity index (χ4n) is 7.63. The van der Waals surface area contributed by atoms with Crippen LogP contribution in [-0.4, -0.2) is 66.5 Å². The lowest BCUT2D eigenvalue weighted by Gasteiger charge is -2.21. The van der Waals surface area contributed by atoms with Crippen LogP contribution >= 0.6 is 7.82 Å². The summed E-state index contributed by atoms with van der Waals surface area (Å²) in [5.41, 5.74) is 0. The van der Waals surface area contributed by atoms with E-state index in [4.69, 9.17) is 23.3 Å². The minimum absolute atomic E-state index is 0.148. The van der Waals surface area contributed by atoms with Crippen LogP contribution in [0.5, 0.6) is 0 Å². The maximum absolute atomic E-state index is 12.9. The zero-order valence-electron chi connectivity index (χ0n) is 46.8. The molecule has 0 spiro atoms. The van der Waals surface area contributed by atoms with Crippen molar-refractivity contribution >= 4 is 25.7 Å². The van der Waals surface area contributed by atoms with Gasteiger partial charge < -0.3 is 24.2 Å². The van der Waals surface area contributed by atoms with Gasteiger partial charge in [0.2, 0.25) is 0 Å². The van der Waals surface area contributed by atoms with Crippen molar-refractivity contribution in [3.63, 3.8) is 0 Å². The van der Waals surface area contributed by atoms with Crippen LogP contribution in [0.2, 0.25) is 0 Å². The fourth-order valence-corrected chi connectivity index (χ4v) is 8.42. The lowest BCUT2D eigenvalue weighted by atomic mass is 10.1. The van der Waals surface area contributed by atoms with E-state index in [1.807, 2.05) is 0 Å². The van der Waals surface area contributed by atoms with Gasteiger partial charge in [0.15, 0.2) is 6.10 Å². The molecule has 2 N–H and O–H groups in total. The van der Waals surface area contributed by atoms with Crippen molar-refractivity contribution in [2.24, 2.45) is 0 Å². The average Bonchev–Trinajstić information content (AvgIpc) is 3.39. The number of carbonyl (C=O) groups is 3. The molecule has 0 heterocycles. The number of ether oxygens (including phenoxy) is 3. The lowest BCUT2D eigenvalue weighted by Crippen LogP contribution is -2.30. The summed E-state index contributed by atoms with van der Waals surface area (Å²) in [7, 11) is -4.76. The number of carbonyl (C=O) groups excluding carboxylic acids is 3. The summed E-state index contributed by atoms with van der Waals surface area (Å²) < 4.78 is 39.5. The number of hydrogen-bond acceptors (Lipinski definition) is 10. The number of rotatable bonds is 53. The van der Waals surface area contributed by atoms with Crippen molar-refractivity contribution in [2.75, 3.05) is 26.4 Å². The molecule has 12 heteroatoms. The van der Waals surface area contributed by atoms with E-state index in [0.717, 1.165) is 148 Å². The summed E-state index contributed by atoms with van der Waals surface area (Å²) >= 11 is 0. The minimum atomic E-state index is -4.76. The van der Waals surface area contributed by atoms with Crippen molar-refractivity contribution in [2.45, 2.75) is 251 Å². The monoisotopic (exact) mass is 1060 g/mol. The van der Waals surface area contributed by atoms with Crippen LogP contribution in [0.4, 0.5) is 0 Å². The summed E-state index contributed by atoms with van der Waals surface area (Å²) in [6.07, 6.45) is 65.1. The van der Waals surface area contributed by atoms with E-state index in [2.05, 4.69) is 118 Å². The van der Waals surface area contributed by atoms with Crippen LogP contribution in [0.25, 0.3) is 0 Å². The number of hydrogen-bond donors (Lipinski definition) is 2. The molecule has 0 aliphatic heterocycles. The summed E-state index contributed by atoms with van der Waals surface area (Å²) in [4.78, 5) is 48.5. The van der Waals surface area contributed by atoms with Crippen molar-refractivity contribution in [1.29, 1.82) is 0 Å². The van der Waals surface area contributed by atoms with E-state index in [-0.39, 0.29) is 25.9 Å². The first kappa shape index (κ1) is 70.4.